The van der Waals surface area contributed by atoms with Crippen LogP contribution in [0.25, 0.3) is 0 Å². The van der Waals surface area contributed by atoms with Gasteiger partial charge in [-0.2, -0.15) is 0 Å². The van der Waals surface area contributed by atoms with Crippen molar-refractivity contribution in [2.75, 3.05) is 0 Å². The van der Waals surface area contributed by atoms with Crippen molar-refractivity contribution < 1.29 is 10.2 Å². The van der Waals surface area contributed by atoms with Crippen LogP contribution in [0, 0.1) is 0 Å². The van der Waals surface area contributed by atoms with Crippen molar-refractivity contribution in [2.45, 2.75) is 38.4 Å². The lowest BCUT2D eigenvalue weighted by Crippen LogP contribution is -2.25. The number of aliphatic hydroxyl groups is 2. The topological polar surface area (TPSA) is 40.5 Å². The minimum atomic E-state index is -0.681. The maximum absolute atomic E-state index is 9.59. The van der Waals surface area contributed by atoms with Crippen LogP contribution in [0.3, 0.4) is 0 Å². The summed E-state index contributed by atoms with van der Waals surface area (Å²) < 4.78 is 0. The summed E-state index contributed by atoms with van der Waals surface area (Å²) in [6.45, 7) is 1.84. The first-order valence-electron chi connectivity index (χ1n) is 5.34. The molecule has 0 saturated carbocycles. The molecule has 0 spiro atoms. The lowest BCUT2D eigenvalue weighted by molar-refractivity contribution is 0.0130. The fourth-order valence-electron chi connectivity index (χ4n) is 1.47. The zero-order chi connectivity index (χ0) is 12.1. The zero-order valence-electron chi connectivity index (χ0n) is 9.16. The number of halogens is 2. The molecule has 1 rings (SSSR count). The molecule has 0 bridgehead atoms. The number of rotatable bonds is 5. The Morgan fingerprint density at radius 2 is 1.81 bits per heavy atom. The third-order valence-corrected chi connectivity index (χ3v) is 3.31. The van der Waals surface area contributed by atoms with Crippen molar-refractivity contribution in [3.05, 3.63) is 33.8 Å². The highest BCUT2D eigenvalue weighted by Gasteiger charge is 2.13. The van der Waals surface area contributed by atoms with Crippen molar-refractivity contribution >= 4 is 23.2 Å². The summed E-state index contributed by atoms with van der Waals surface area (Å²) in [5.41, 5.74) is 1.01. The smallest absolute Gasteiger partial charge is 0.0802 e. The van der Waals surface area contributed by atoms with Crippen LogP contribution >= 0.6 is 23.2 Å². The number of aryl methyl sites for hydroxylation is 1. The maximum atomic E-state index is 9.59. The highest BCUT2D eigenvalue weighted by Crippen LogP contribution is 2.23. The summed E-state index contributed by atoms with van der Waals surface area (Å²) in [7, 11) is 0. The van der Waals surface area contributed by atoms with Crippen molar-refractivity contribution in [3.63, 3.8) is 0 Å². The Kier molecular flexibility index (Phi) is 5.56. The summed E-state index contributed by atoms with van der Waals surface area (Å²) in [5, 5.41) is 20.0. The van der Waals surface area contributed by atoms with Gasteiger partial charge in [0.25, 0.3) is 0 Å². The van der Waals surface area contributed by atoms with E-state index in [1.165, 1.54) is 0 Å². The van der Waals surface area contributed by atoms with Crippen LogP contribution in [0.4, 0.5) is 0 Å². The van der Waals surface area contributed by atoms with E-state index in [9.17, 15) is 10.2 Å². The molecule has 0 aliphatic rings. The van der Waals surface area contributed by atoms with Gasteiger partial charge in [0.05, 0.1) is 22.3 Å². The first-order valence-corrected chi connectivity index (χ1v) is 6.10. The van der Waals surface area contributed by atoms with E-state index in [0.29, 0.717) is 29.3 Å². The van der Waals surface area contributed by atoms with Gasteiger partial charge in [0, 0.05) is 0 Å². The molecule has 0 aliphatic carbocycles. The van der Waals surface area contributed by atoms with Gasteiger partial charge in [-0.1, -0.05) is 36.2 Å². The lowest BCUT2D eigenvalue weighted by atomic mass is 10.0. The molecule has 2 N–H and O–H groups in total. The zero-order valence-corrected chi connectivity index (χ0v) is 10.7. The maximum Gasteiger partial charge on any atom is 0.0802 e. The summed E-state index contributed by atoms with van der Waals surface area (Å²) in [6, 6.07) is 5.40. The third-order valence-electron chi connectivity index (χ3n) is 2.58. The Hall–Kier alpha value is -0.280. The molecular formula is C12H16Cl2O2. The SMILES string of the molecule is CCC(O)C(O)CCc1ccc(Cl)c(Cl)c1. The summed E-state index contributed by atoms with van der Waals surface area (Å²) in [5.74, 6) is 0. The van der Waals surface area contributed by atoms with Crippen LogP contribution < -0.4 is 0 Å². The number of aliphatic hydroxyl groups excluding tert-OH is 2. The molecule has 90 valence electrons. The second-order valence-electron chi connectivity index (χ2n) is 3.83. The molecule has 4 heteroatoms. The van der Waals surface area contributed by atoms with E-state index < -0.39 is 12.2 Å². The standard InChI is InChI=1S/C12H16Cl2O2/c1-2-11(15)12(16)6-4-8-3-5-9(13)10(14)7-8/h3,5,7,11-12,15-16H,2,4,6H2,1H3. The van der Waals surface area contributed by atoms with Gasteiger partial charge in [0.2, 0.25) is 0 Å². The molecule has 0 fully saturated rings. The van der Waals surface area contributed by atoms with Gasteiger partial charge < -0.3 is 10.2 Å². The average Bonchev–Trinajstić information content (AvgIpc) is 2.29. The van der Waals surface area contributed by atoms with E-state index >= 15 is 0 Å². The van der Waals surface area contributed by atoms with E-state index in [2.05, 4.69) is 0 Å². The molecular weight excluding hydrogens is 247 g/mol. The lowest BCUT2D eigenvalue weighted by Gasteiger charge is -2.15. The van der Waals surface area contributed by atoms with Gasteiger partial charge in [-0.15, -0.1) is 0 Å². The molecule has 0 aromatic heterocycles. The number of hydrogen-bond donors (Lipinski definition) is 2. The molecule has 0 heterocycles. The van der Waals surface area contributed by atoms with E-state index in [-0.39, 0.29) is 0 Å². The van der Waals surface area contributed by atoms with Crippen LogP contribution in [0.1, 0.15) is 25.3 Å². The van der Waals surface area contributed by atoms with Gasteiger partial charge in [0.1, 0.15) is 0 Å². The number of benzene rings is 1. The minimum Gasteiger partial charge on any atom is -0.390 e. The molecule has 2 nitrogen and oxygen atoms in total. The average molecular weight is 263 g/mol. The first kappa shape index (κ1) is 13.8. The summed E-state index contributed by atoms with van der Waals surface area (Å²) in [6.07, 6.45) is 0.423. The van der Waals surface area contributed by atoms with Crippen LogP contribution in [-0.4, -0.2) is 22.4 Å². The highest BCUT2D eigenvalue weighted by atomic mass is 35.5. The Bertz CT molecular complexity index is 342. The third kappa shape index (κ3) is 3.95. The molecule has 1 aromatic rings. The monoisotopic (exact) mass is 262 g/mol. The normalized spacial score (nSPS) is 14.8. The molecule has 16 heavy (non-hydrogen) atoms. The largest absolute Gasteiger partial charge is 0.390 e. The second-order valence-corrected chi connectivity index (χ2v) is 4.64. The van der Waals surface area contributed by atoms with E-state index in [1.807, 2.05) is 13.0 Å². The minimum absolute atomic E-state index is 0.518. The first-order chi connectivity index (χ1) is 7.54. The van der Waals surface area contributed by atoms with E-state index in [0.717, 1.165) is 5.56 Å². The van der Waals surface area contributed by atoms with Gasteiger partial charge in [0.15, 0.2) is 0 Å². The Labute approximate surface area is 106 Å². The fraction of sp³-hybridized carbons (Fsp3) is 0.500. The Balaban J connectivity index is 2.51. The van der Waals surface area contributed by atoms with Crippen molar-refractivity contribution in [1.29, 1.82) is 0 Å². The Morgan fingerprint density at radius 1 is 1.12 bits per heavy atom. The van der Waals surface area contributed by atoms with Crippen LogP contribution in [0.15, 0.2) is 18.2 Å². The molecule has 0 amide bonds. The van der Waals surface area contributed by atoms with Crippen molar-refractivity contribution in [2.24, 2.45) is 0 Å². The van der Waals surface area contributed by atoms with E-state index in [4.69, 9.17) is 23.2 Å². The van der Waals surface area contributed by atoms with Crippen molar-refractivity contribution in [1.82, 2.24) is 0 Å². The van der Waals surface area contributed by atoms with Gasteiger partial charge in [-0.3, -0.25) is 0 Å². The predicted molar refractivity (Wildman–Crippen MR) is 67.1 cm³/mol. The van der Waals surface area contributed by atoms with Gasteiger partial charge in [-0.25, -0.2) is 0 Å². The summed E-state index contributed by atoms with van der Waals surface area (Å²) in [4.78, 5) is 0. The second kappa shape index (κ2) is 6.45. The molecule has 2 atom stereocenters. The fourth-order valence-corrected chi connectivity index (χ4v) is 1.79. The molecule has 2 unspecified atom stereocenters. The number of hydrogen-bond acceptors (Lipinski definition) is 2. The van der Waals surface area contributed by atoms with Gasteiger partial charge in [-0.05, 0) is 37.0 Å². The van der Waals surface area contributed by atoms with Crippen LogP contribution in [0.2, 0.25) is 10.0 Å². The highest BCUT2D eigenvalue weighted by molar-refractivity contribution is 6.42. The van der Waals surface area contributed by atoms with Gasteiger partial charge >= 0.3 is 0 Å². The predicted octanol–water partition coefficient (Wildman–Crippen LogP) is 3.06. The van der Waals surface area contributed by atoms with Crippen LogP contribution in [-0.2, 0) is 6.42 Å². The quantitative estimate of drug-likeness (QED) is 0.857. The van der Waals surface area contributed by atoms with Crippen molar-refractivity contribution in [3.8, 4) is 0 Å². The Morgan fingerprint density at radius 3 is 2.38 bits per heavy atom. The molecule has 0 radical (unpaired) electrons. The molecule has 0 aliphatic heterocycles. The molecule has 1 aromatic carbocycles. The summed E-state index contributed by atoms with van der Waals surface area (Å²) >= 11 is 11.7. The van der Waals surface area contributed by atoms with Crippen LogP contribution in [0.5, 0.6) is 0 Å². The van der Waals surface area contributed by atoms with E-state index in [1.54, 1.807) is 12.1 Å². The molecule has 0 saturated heterocycles.